The molecule has 0 bridgehead atoms. The number of anilines is 3. The van der Waals surface area contributed by atoms with Gasteiger partial charge in [0.15, 0.2) is 0 Å². The van der Waals surface area contributed by atoms with E-state index in [0.29, 0.717) is 0 Å². The summed E-state index contributed by atoms with van der Waals surface area (Å²) in [5.41, 5.74) is 18.7. The molecule has 0 atom stereocenters. The molecule has 0 aliphatic carbocycles. The van der Waals surface area contributed by atoms with Gasteiger partial charge in [-0.05, 0) is 117 Å². The zero-order valence-corrected chi connectivity index (χ0v) is 31.3. The van der Waals surface area contributed by atoms with Gasteiger partial charge in [-0.15, -0.1) is 0 Å². The molecule has 1 aliphatic heterocycles. The molecule has 2 aromatic heterocycles. The van der Waals surface area contributed by atoms with Gasteiger partial charge < -0.3 is 4.90 Å². The fraction of sp³-hybridized carbons (Fsp3) is 0.0577. The molecule has 8 aromatic carbocycles. The highest BCUT2D eigenvalue weighted by atomic mass is 15.2. The van der Waals surface area contributed by atoms with Crippen molar-refractivity contribution in [3.05, 3.63) is 205 Å². The molecule has 4 heteroatoms. The Morgan fingerprint density at radius 3 is 1.41 bits per heavy atom. The number of imidazole rings is 2. The second-order valence-electron chi connectivity index (χ2n) is 15.3. The third-order valence-corrected chi connectivity index (χ3v) is 11.7. The van der Waals surface area contributed by atoms with Crippen LogP contribution >= 0.6 is 0 Å². The highest BCUT2D eigenvalue weighted by Crippen LogP contribution is 2.53. The Balaban J connectivity index is 0.991. The minimum atomic E-state index is -0.224. The summed E-state index contributed by atoms with van der Waals surface area (Å²) in [5, 5.41) is 0. The Kier molecular flexibility index (Phi) is 7.17. The van der Waals surface area contributed by atoms with Crippen molar-refractivity contribution in [3.8, 4) is 39.1 Å². The first kappa shape index (κ1) is 32.3. The van der Waals surface area contributed by atoms with Gasteiger partial charge in [0.25, 0.3) is 0 Å². The SMILES string of the molecule is CC1(C)c2cc(-c3ccccc3)ccc2N(c2ccc(-c3ccc(-n4c5ccccc5n5c6ccccc6nc45)cc3)cc2)c2ccc(-c3ccccc3)cc21. The predicted molar refractivity (Wildman–Crippen MR) is 233 cm³/mol. The Bertz CT molecular complexity index is 2990. The Morgan fingerprint density at radius 2 is 0.839 bits per heavy atom. The molecule has 0 saturated carbocycles. The maximum atomic E-state index is 5.07. The summed E-state index contributed by atoms with van der Waals surface area (Å²) in [6, 6.07) is 70.2. The summed E-state index contributed by atoms with van der Waals surface area (Å²) < 4.78 is 4.53. The van der Waals surface area contributed by atoms with Crippen LogP contribution in [0.2, 0.25) is 0 Å². The van der Waals surface area contributed by atoms with Crippen LogP contribution in [0.25, 0.3) is 66.9 Å². The number of nitrogens with zero attached hydrogens (tertiary/aromatic N) is 4. The van der Waals surface area contributed by atoms with E-state index in [-0.39, 0.29) is 5.41 Å². The number of para-hydroxylation sites is 4. The molecule has 0 unspecified atom stereocenters. The van der Waals surface area contributed by atoms with Crippen LogP contribution < -0.4 is 4.90 Å². The van der Waals surface area contributed by atoms with Crippen LogP contribution in [0.4, 0.5) is 17.1 Å². The van der Waals surface area contributed by atoms with Gasteiger partial charge in [0.1, 0.15) is 0 Å². The molecule has 0 amide bonds. The van der Waals surface area contributed by atoms with Crippen molar-refractivity contribution in [2.45, 2.75) is 19.3 Å². The predicted octanol–water partition coefficient (Wildman–Crippen LogP) is 13.5. The molecule has 266 valence electrons. The van der Waals surface area contributed by atoms with Gasteiger partial charge >= 0.3 is 0 Å². The van der Waals surface area contributed by atoms with Crippen molar-refractivity contribution in [1.82, 2.24) is 14.0 Å². The molecule has 0 radical (unpaired) electrons. The lowest BCUT2D eigenvalue weighted by Gasteiger charge is -2.42. The van der Waals surface area contributed by atoms with Crippen molar-refractivity contribution in [3.63, 3.8) is 0 Å². The normalized spacial score (nSPS) is 13.3. The van der Waals surface area contributed by atoms with E-state index in [4.69, 9.17) is 4.98 Å². The molecule has 56 heavy (non-hydrogen) atoms. The fourth-order valence-corrected chi connectivity index (χ4v) is 8.85. The number of aromatic nitrogens is 3. The van der Waals surface area contributed by atoms with Gasteiger partial charge in [0.05, 0.1) is 33.4 Å². The second-order valence-corrected chi connectivity index (χ2v) is 15.3. The third kappa shape index (κ3) is 4.96. The van der Waals surface area contributed by atoms with Crippen LogP contribution in [0.5, 0.6) is 0 Å². The third-order valence-electron chi connectivity index (χ3n) is 11.7. The first-order valence-corrected chi connectivity index (χ1v) is 19.3. The maximum Gasteiger partial charge on any atom is 0.220 e. The highest BCUT2D eigenvalue weighted by Gasteiger charge is 2.37. The van der Waals surface area contributed by atoms with E-state index in [9.17, 15) is 0 Å². The molecule has 3 heterocycles. The van der Waals surface area contributed by atoms with E-state index in [2.05, 4.69) is 222 Å². The Morgan fingerprint density at radius 1 is 0.393 bits per heavy atom. The molecule has 0 N–H and O–H groups in total. The highest BCUT2D eigenvalue weighted by molar-refractivity contribution is 5.93. The second kappa shape index (κ2) is 12.4. The number of rotatable bonds is 5. The van der Waals surface area contributed by atoms with Crippen LogP contribution in [-0.4, -0.2) is 14.0 Å². The van der Waals surface area contributed by atoms with Crippen molar-refractivity contribution >= 4 is 44.9 Å². The van der Waals surface area contributed by atoms with Gasteiger partial charge in [-0.25, -0.2) is 4.98 Å². The number of hydrogen-bond donors (Lipinski definition) is 0. The molecule has 4 nitrogen and oxygen atoms in total. The van der Waals surface area contributed by atoms with Crippen LogP contribution in [-0.2, 0) is 5.41 Å². The zero-order chi connectivity index (χ0) is 37.4. The quantitative estimate of drug-likeness (QED) is 0.177. The molecule has 11 rings (SSSR count). The van der Waals surface area contributed by atoms with E-state index in [1.54, 1.807) is 0 Å². The van der Waals surface area contributed by atoms with E-state index in [1.807, 2.05) is 0 Å². The summed E-state index contributed by atoms with van der Waals surface area (Å²) in [5.74, 6) is 0.918. The number of benzene rings is 8. The number of hydrogen-bond acceptors (Lipinski definition) is 2. The molecular formula is C52H38N4. The van der Waals surface area contributed by atoms with Gasteiger partial charge in [-0.2, -0.15) is 0 Å². The van der Waals surface area contributed by atoms with E-state index in [0.717, 1.165) is 39.2 Å². The Hall–Kier alpha value is -7.17. The molecule has 0 saturated heterocycles. The topological polar surface area (TPSA) is 25.5 Å². The summed E-state index contributed by atoms with van der Waals surface area (Å²) in [4.78, 5) is 7.51. The van der Waals surface area contributed by atoms with Crippen LogP contribution in [0, 0.1) is 0 Å². The summed E-state index contributed by atoms with van der Waals surface area (Å²) >= 11 is 0. The largest absolute Gasteiger partial charge is 0.310 e. The average molecular weight is 719 g/mol. The van der Waals surface area contributed by atoms with Crippen LogP contribution in [0.3, 0.4) is 0 Å². The average Bonchev–Trinajstić information content (AvgIpc) is 3.79. The molecule has 0 spiro atoms. The summed E-state index contributed by atoms with van der Waals surface area (Å²) in [7, 11) is 0. The standard InChI is InChI=1S/C52H38N4/c1-52(2)43-33-39(35-13-5-3-6-14-35)25-31-46(43)54(47-32-26-40(34-44(47)52)36-15-7-4-8-16-36)41-27-21-37(22-28-41)38-23-29-42(30-24-38)55-49-19-11-12-20-50(49)56-48-18-10-9-17-45(48)53-51(55)56/h3-34H,1-2H3. The van der Waals surface area contributed by atoms with Crippen LogP contribution in [0.1, 0.15) is 25.0 Å². The lowest BCUT2D eigenvalue weighted by Crippen LogP contribution is -2.30. The first-order chi connectivity index (χ1) is 27.5. The molecular weight excluding hydrogens is 681 g/mol. The van der Waals surface area contributed by atoms with Crippen molar-refractivity contribution in [1.29, 1.82) is 0 Å². The van der Waals surface area contributed by atoms with Crippen molar-refractivity contribution < 1.29 is 0 Å². The number of fused-ring (bicyclic) bond motifs is 7. The first-order valence-electron chi connectivity index (χ1n) is 19.3. The van der Waals surface area contributed by atoms with Crippen molar-refractivity contribution in [2.24, 2.45) is 0 Å². The monoisotopic (exact) mass is 718 g/mol. The molecule has 0 fully saturated rings. The maximum absolute atomic E-state index is 5.07. The molecule has 10 aromatic rings. The molecule has 1 aliphatic rings. The van der Waals surface area contributed by atoms with Gasteiger partial charge in [0, 0.05) is 16.8 Å². The minimum Gasteiger partial charge on any atom is -0.310 e. The van der Waals surface area contributed by atoms with E-state index in [1.165, 1.54) is 55.9 Å². The zero-order valence-electron chi connectivity index (χ0n) is 31.3. The minimum absolute atomic E-state index is 0.224. The summed E-state index contributed by atoms with van der Waals surface area (Å²) in [6.45, 7) is 4.74. The lowest BCUT2D eigenvalue weighted by atomic mass is 9.72. The smallest absolute Gasteiger partial charge is 0.220 e. The van der Waals surface area contributed by atoms with Crippen LogP contribution in [0.15, 0.2) is 194 Å². The fourth-order valence-electron chi connectivity index (χ4n) is 8.85. The van der Waals surface area contributed by atoms with Gasteiger partial charge in [-0.1, -0.05) is 135 Å². The van der Waals surface area contributed by atoms with Gasteiger partial charge in [-0.3, -0.25) is 8.97 Å². The summed E-state index contributed by atoms with van der Waals surface area (Å²) in [6.07, 6.45) is 0. The lowest BCUT2D eigenvalue weighted by molar-refractivity contribution is 0.632. The van der Waals surface area contributed by atoms with E-state index < -0.39 is 0 Å². The van der Waals surface area contributed by atoms with E-state index >= 15 is 0 Å². The Labute approximate surface area is 326 Å². The van der Waals surface area contributed by atoms with Gasteiger partial charge in [0.2, 0.25) is 5.78 Å². The van der Waals surface area contributed by atoms with Crippen molar-refractivity contribution in [2.75, 3.05) is 4.90 Å².